The summed E-state index contributed by atoms with van der Waals surface area (Å²) in [7, 11) is 1.54. The van der Waals surface area contributed by atoms with E-state index in [-0.39, 0.29) is 19.4 Å². The van der Waals surface area contributed by atoms with Gasteiger partial charge in [-0.1, -0.05) is 0 Å². The fraction of sp³-hybridized carbons (Fsp3) is 0.429. The Bertz CT molecular complexity index is 1310. The Morgan fingerprint density at radius 1 is 1.18 bits per heavy atom. The Kier molecular flexibility index (Phi) is 8.91. The number of carbonyl (C=O) groups excluding carboxylic acids is 1. The highest BCUT2D eigenvalue weighted by Crippen LogP contribution is 2.41. The molecule has 0 bridgehead atoms. The molecule has 1 saturated heterocycles. The standard InChI is InChI=1S/C28H32F4N4O3/c1-17-16-34-24-4-3-19(39-2)15-20(24)25(17)21(30)5-6-28(27(37)35-38)7-10-36(11-8-28)12-9-33-26-22(31)13-18(29)14-23(26)32/h3-4,13-16,21,33,38H,5-12H2,1-2H3,(H,35,37). The van der Waals surface area contributed by atoms with Crippen molar-refractivity contribution in [1.82, 2.24) is 15.4 Å². The van der Waals surface area contributed by atoms with Gasteiger partial charge in [-0.25, -0.2) is 23.0 Å². The van der Waals surface area contributed by atoms with E-state index < -0.39 is 40.6 Å². The summed E-state index contributed by atoms with van der Waals surface area (Å²) in [5.74, 6) is -2.98. The number of fused-ring (bicyclic) bond motifs is 1. The van der Waals surface area contributed by atoms with Crippen LogP contribution in [0.25, 0.3) is 10.9 Å². The van der Waals surface area contributed by atoms with Crippen molar-refractivity contribution in [3.8, 4) is 5.75 Å². The second-order valence-corrected chi connectivity index (χ2v) is 9.98. The van der Waals surface area contributed by atoms with Crippen molar-refractivity contribution in [3.63, 3.8) is 0 Å². The largest absolute Gasteiger partial charge is 0.497 e. The predicted molar refractivity (Wildman–Crippen MR) is 139 cm³/mol. The summed E-state index contributed by atoms with van der Waals surface area (Å²) in [6.07, 6.45) is 1.28. The molecule has 1 amide bonds. The third-order valence-corrected chi connectivity index (χ3v) is 7.64. The average molecular weight is 549 g/mol. The first-order valence-corrected chi connectivity index (χ1v) is 12.8. The van der Waals surface area contributed by atoms with Gasteiger partial charge in [-0.3, -0.25) is 15.0 Å². The number of ether oxygens (including phenoxy) is 1. The summed E-state index contributed by atoms with van der Waals surface area (Å²) < 4.78 is 61.9. The molecule has 0 radical (unpaired) electrons. The number of aryl methyl sites for hydroxylation is 1. The van der Waals surface area contributed by atoms with E-state index in [1.54, 1.807) is 36.8 Å². The van der Waals surface area contributed by atoms with Gasteiger partial charge in [-0.2, -0.15) is 0 Å². The van der Waals surface area contributed by atoms with Crippen LogP contribution in [0.2, 0.25) is 0 Å². The van der Waals surface area contributed by atoms with Crippen LogP contribution in [0.5, 0.6) is 5.75 Å². The van der Waals surface area contributed by atoms with Gasteiger partial charge in [-0.15, -0.1) is 0 Å². The molecule has 11 heteroatoms. The number of nitrogens with one attached hydrogen (secondary N) is 2. The molecular weight excluding hydrogens is 516 g/mol. The molecule has 1 unspecified atom stereocenters. The van der Waals surface area contributed by atoms with Gasteiger partial charge in [0.05, 0.1) is 18.0 Å². The number of benzene rings is 2. The lowest BCUT2D eigenvalue weighted by Crippen LogP contribution is -2.49. The van der Waals surface area contributed by atoms with Crippen LogP contribution in [-0.2, 0) is 4.79 Å². The molecule has 0 aliphatic carbocycles. The van der Waals surface area contributed by atoms with E-state index in [2.05, 4.69) is 10.3 Å². The molecule has 1 aliphatic rings. The van der Waals surface area contributed by atoms with Crippen LogP contribution in [0.3, 0.4) is 0 Å². The number of amides is 1. The van der Waals surface area contributed by atoms with Gasteiger partial charge >= 0.3 is 0 Å². The highest BCUT2D eigenvalue weighted by Gasteiger charge is 2.41. The van der Waals surface area contributed by atoms with Gasteiger partial charge in [0, 0.05) is 36.8 Å². The number of halogens is 4. The van der Waals surface area contributed by atoms with E-state index in [1.807, 2.05) is 4.90 Å². The third-order valence-electron chi connectivity index (χ3n) is 7.64. The number of carbonyl (C=O) groups is 1. The van der Waals surface area contributed by atoms with Crippen LogP contribution in [0, 0.1) is 29.8 Å². The van der Waals surface area contributed by atoms with Crippen LogP contribution in [0.1, 0.15) is 43.0 Å². The lowest BCUT2D eigenvalue weighted by Gasteiger charge is -2.40. The molecule has 39 heavy (non-hydrogen) atoms. The number of rotatable bonds is 10. The lowest BCUT2D eigenvalue weighted by atomic mass is 9.73. The van der Waals surface area contributed by atoms with E-state index in [9.17, 15) is 23.2 Å². The van der Waals surface area contributed by atoms with E-state index >= 15 is 4.39 Å². The fourth-order valence-corrected chi connectivity index (χ4v) is 5.35. The number of hydrogen-bond donors (Lipinski definition) is 3. The molecule has 4 rings (SSSR count). The summed E-state index contributed by atoms with van der Waals surface area (Å²) in [5.41, 5.74) is 2.24. The maximum atomic E-state index is 15.8. The zero-order valence-electron chi connectivity index (χ0n) is 21.9. The average Bonchev–Trinajstić information content (AvgIpc) is 2.93. The van der Waals surface area contributed by atoms with E-state index in [1.165, 1.54) is 7.11 Å². The zero-order valence-corrected chi connectivity index (χ0v) is 21.9. The van der Waals surface area contributed by atoms with Gasteiger partial charge in [0.25, 0.3) is 0 Å². The highest BCUT2D eigenvalue weighted by molar-refractivity contribution is 5.85. The minimum atomic E-state index is -1.37. The molecule has 3 N–H and O–H groups in total. The predicted octanol–water partition coefficient (Wildman–Crippen LogP) is 5.46. The van der Waals surface area contributed by atoms with Crippen LogP contribution < -0.4 is 15.5 Å². The van der Waals surface area contributed by atoms with Crippen LogP contribution >= 0.6 is 0 Å². The number of hydroxylamine groups is 1. The van der Waals surface area contributed by atoms with Crippen molar-refractivity contribution in [2.24, 2.45) is 5.41 Å². The summed E-state index contributed by atoms with van der Waals surface area (Å²) in [6.45, 7) is 3.34. The van der Waals surface area contributed by atoms with Crippen LogP contribution in [0.15, 0.2) is 36.5 Å². The van der Waals surface area contributed by atoms with Crippen molar-refractivity contribution in [2.45, 2.75) is 38.8 Å². The van der Waals surface area contributed by atoms with Crippen molar-refractivity contribution in [2.75, 3.05) is 38.6 Å². The number of likely N-dealkylation sites (tertiary alicyclic amines) is 1. The topological polar surface area (TPSA) is 86.7 Å². The summed E-state index contributed by atoms with van der Waals surface area (Å²) in [4.78, 5) is 19.1. The monoisotopic (exact) mass is 548 g/mol. The van der Waals surface area contributed by atoms with Gasteiger partial charge < -0.3 is 15.0 Å². The first-order valence-electron chi connectivity index (χ1n) is 12.8. The van der Waals surface area contributed by atoms with Gasteiger partial charge in [0.1, 0.15) is 23.4 Å². The number of aromatic nitrogens is 1. The second-order valence-electron chi connectivity index (χ2n) is 9.98. The smallest absolute Gasteiger partial charge is 0.249 e. The highest BCUT2D eigenvalue weighted by atomic mass is 19.1. The molecule has 210 valence electrons. The van der Waals surface area contributed by atoms with Crippen molar-refractivity contribution >= 4 is 22.5 Å². The van der Waals surface area contributed by atoms with Gasteiger partial charge in [0.15, 0.2) is 11.6 Å². The van der Waals surface area contributed by atoms with Crippen molar-refractivity contribution in [1.29, 1.82) is 0 Å². The molecule has 1 atom stereocenters. The molecular formula is C28H32F4N4O3. The third kappa shape index (κ3) is 6.25. The quantitative estimate of drug-likeness (QED) is 0.177. The Morgan fingerprint density at radius 2 is 1.87 bits per heavy atom. The molecule has 1 fully saturated rings. The lowest BCUT2D eigenvalue weighted by molar-refractivity contribution is -0.143. The van der Waals surface area contributed by atoms with Crippen LogP contribution in [0.4, 0.5) is 23.2 Å². The van der Waals surface area contributed by atoms with Crippen molar-refractivity contribution in [3.05, 3.63) is 65.1 Å². The zero-order chi connectivity index (χ0) is 28.2. The summed E-state index contributed by atoms with van der Waals surface area (Å²) in [6, 6.07) is 6.51. The van der Waals surface area contributed by atoms with E-state index in [4.69, 9.17) is 4.74 Å². The molecule has 7 nitrogen and oxygen atoms in total. The minimum Gasteiger partial charge on any atom is -0.497 e. The molecule has 2 heterocycles. The first-order chi connectivity index (χ1) is 18.7. The van der Waals surface area contributed by atoms with E-state index in [0.717, 1.165) is 0 Å². The Balaban J connectivity index is 1.40. The maximum Gasteiger partial charge on any atom is 0.249 e. The number of nitrogens with zero attached hydrogens (tertiary/aromatic N) is 2. The number of anilines is 1. The Morgan fingerprint density at radius 3 is 2.51 bits per heavy atom. The summed E-state index contributed by atoms with van der Waals surface area (Å²) in [5, 5.41) is 12.8. The Hall–Kier alpha value is -3.44. The number of methoxy groups -OCH3 is 1. The van der Waals surface area contributed by atoms with Gasteiger partial charge in [-0.05, 0) is 75.0 Å². The molecule has 1 aliphatic heterocycles. The normalized spacial score (nSPS) is 16.2. The minimum absolute atomic E-state index is 0.0647. The molecule has 0 spiro atoms. The number of alkyl halides is 1. The van der Waals surface area contributed by atoms with Gasteiger partial charge in [0.2, 0.25) is 5.91 Å². The van der Waals surface area contributed by atoms with Crippen molar-refractivity contribution < 1.29 is 32.3 Å². The second kappa shape index (κ2) is 12.2. The Labute approximate surface area is 224 Å². The van der Waals surface area contributed by atoms with E-state index in [0.29, 0.717) is 72.4 Å². The molecule has 0 saturated carbocycles. The number of piperidine rings is 1. The first kappa shape index (κ1) is 28.6. The molecule has 3 aromatic rings. The van der Waals surface area contributed by atoms with Crippen LogP contribution in [-0.4, -0.2) is 54.3 Å². The summed E-state index contributed by atoms with van der Waals surface area (Å²) >= 11 is 0. The molecule has 1 aromatic heterocycles. The molecule has 2 aromatic carbocycles. The fourth-order valence-electron chi connectivity index (χ4n) is 5.35. The SMILES string of the molecule is COc1ccc2ncc(C)c(C(F)CCC3(C(=O)NO)CCN(CCNc4c(F)cc(F)cc4F)CC3)c2c1. The number of pyridine rings is 1. The maximum absolute atomic E-state index is 15.8. The number of hydrogen-bond acceptors (Lipinski definition) is 6.